The Morgan fingerprint density at radius 3 is 1.76 bits per heavy atom. The van der Waals surface area contributed by atoms with E-state index in [1.165, 1.54) is 57.8 Å². The monoisotopic (exact) mass is 565 g/mol. The minimum Gasteiger partial charge on any atom is -0.391 e. The number of phosphoric acid groups is 1. The van der Waals surface area contributed by atoms with Crippen molar-refractivity contribution < 1.29 is 32.9 Å². The summed E-state index contributed by atoms with van der Waals surface area (Å²) in [6, 6.07) is -0.746. The molecular formula is C29H62N2O6P+. The summed E-state index contributed by atoms with van der Waals surface area (Å²) in [5.41, 5.74) is 0. The van der Waals surface area contributed by atoms with E-state index < -0.39 is 20.0 Å². The Morgan fingerprint density at radius 2 is 1.26 bits per heavy atom. The minimum atomic E-state index is -4.28. The van der Waals surface area contributed by atoms with Crippen molar-refractivity contribution in [1.29, 1.82) is 0 Å². The number of hydrogen-bond donors (Lipinski definition) is 3. The van der Waals surface area contributed by atoms with Gasteiger partial charge in [-0.2, -0.15) is 0 Å². The van der Waals surface area contributed by atoms with Gasteiger partial charge in [-0.05, 0) is 12.8 Å². The molecule has 3 atom stereocenters. The predicted octanol–water partition coefficient (Wildman–Crippen LogP) is 6.73. The maximum atomic E-state index is 12.5. The fraction of sp³-hybridized carbons (Fsp3) is 0.966. The standard InChI is InChI=1S/C29H61N2O6P/c1-6-8-10-12-13-14-15-16-17-18-19-20-22-28(32)27(30-29(33)23-21-11-9-7-2)26-37-38(34,35)36-25-24-31(3,4)5/h27-28,32H,6-26H2,1-5H3,(H-,30,33,34,35)/p+1/t27-,28+/m0/s1. The quantitative estimate of drug-likeness (QED) is 0.0579. The maximum Gasteiger partial charge on any atom is 0.472 e. The fourth-order valence-electron chi connectivity index (χ4n) is 4.28. The lowest BCUT2D eigenvalue weighted by atomic mass is 10.0. The van der Waals surface area contributed by atoms with Crippen molar-refractivity contribution in [2.75, 3.05) is 40.9 Å². The van der Waals surface area contributed by atoms with Gasteiger partial charge in [0.2, 0.25) is 5.91 Å². The second-order valence-electron chi connectivity index (χ2n) is 11.8. The van der Waals surface area contributed by atoms with Gasteiger partial charge >= 0.3 is 7.82 Å². The Kier molecular flexibility index (Phi) is 22.9. The van der Waals surface area contributed by atoms with Gasteiger partial charge < -0.3 is 19.8 Å². The molecule has 3 N–H and O–H groups in total. The molecular weight excluding hydrogens is 503 g/mol. The smallest absolute Gasteiger partial charge is 0.391 e. The summed E-state index contributed by atoms with van der Waals surface area (Å²) >= 11 is 0. The van der Waals surface area contributed by atoms with Crippen LogP contribution in [0.2, 0.25) is 0 Å². The first-order valence-electron chi connectivity index (χ1n) is 15.4. The molecule has 0 aliphatic rings. The number of aliphatic hydroxyl groups excluding tert-OH is 1. The van der Waals surface area contributed by atoms with E-state index in [2.05, 4.69) is 19.2 Å². The highest BCUT2D eigenvalue weighted by Gasteiger charge is 2.28. The van der Waals surface area contributed by atoms with Crippen LogP contribution in [0.1, 0.15) is 129 Å². The number of carbonyl (C=O) groups excluding carboxylic acids is 1. The van der Waals surface area contributed by atoms with Gasteiger partial charge in [-0.15, -0.1) is 0 Å². The summed E-state index contributed by atoms with van der Waals surface area (Å²) in [6.45, 7) is 4.73. The van der Waals surface area contributed by atoms with Crippen LogP contribution in [0.25, 0.3) is 0 Å². The zero-order chi connectivity index (χ0) is 28.7. The first-order valence-corrected chi connectivity index (χ1v) is 16.9. The Morgan fingerprint density at radius 1 is 0.789 bits per heavy atom. The Hall–Kier alpha value is -0.500. The van der Waals surface area contributed by atoms with Crippen LogP contribution in [0.5, 0.6) is 0 Å². The number of unbranched alkanes of at least 4 members (excludes halogenated alkanes) is 14. The molecule has 0 saturated carbocycles. The van der Waals surface area contributed by atoms with Gasteiger partial charge in [0.1, 0.15) is 13.2 Å². The highest BCUT2D eigenvalue weighted by Crippen LogP contribution is 2.43. The second-order valence-corrected chi connectivity index (χ2v) is 13.3. The summed E-state index contributed by atoms with van der Waals surface area (Å²) in [5.74, 6) is -0.165. The molecule has 38 heavy (non-hydrogen) atoms. The summed E-state index contributed by atoms with van der Waals surface area (Å²) in [7, 11) is 1.61. The van der Waals surface area contributed by atoms with Crippen molar-refractivity contribution in [3.05, 3.63) is 0 Å². The van der Waals surface area contributed by atoms with Crippen molar-refractivity contribution in [3.8, 4) is 0 Å². The van der Waals surface area contributed by atoms with Crippen molar-refractivity contribution in [2.45, 2.75) is 142 Å². The van der Waals surface area contributed by atoms with Crippen LogP contribution >= 0.6 is 7.82 Å². The number of rotatable bonds is 27. The van der Waals surface area contributed by atoms with Crippen LogP contribution in [0.15, 0.2) is 0 Å². The zero-order valence-corrected chi connectivity index (χ0v) is 26.3. The average Bonchev–Trinajstić information content (AvgIpc) is 2.84. The van der Waals surface area contributed by atoms with E-state index in [4.69, 9.17) is 9.05 Å². The SMILES string of the molecule is CCCCCCCCCCCCCC[C@@H](O)[C@H](COP(=O)(O)OCC[N+](C)(C)C)NC(=O)CCCCCC. The van der Waals surface area contributed by atoms with Crippen LogP contribution in [0.3, 0.4) is 0 Å². The molecule has 1 unspecified atom stereocenters. The molecule has 0 aromatic carbocycles. The zero-order valence-electron chi connectivity index (χ0n) is 25.4. The number of nitrogens with zero attached hydrogens (tertiary/aromatic N) is 1. The molecule has 0 saturated heterocycles. The average molecular weight is 566 g/mol. The van der Waals surface area contributed by atoms with E-state index >= 15 is 0 Å². The van der Waals surface area contributed by atoms with Crippen LogP contribution < -0.4 is 5.32 Å². The normalized spacial score (nSPS) is 15.2. The van der Waals surface area contributed by atoms with E-state index in [1.54, 1.807) is 0 Å². The van der Waals surface area contributed by atoms with E-state index in [9.17, 15) is 19.4 Å². The molecule has 0 aromatic rings. The molecule has 0 radical (unpaired) electrons. The van der Waals surface area contributed by atoms with E-state index in [-0.39, 0.29) is 19.1 Å². The lowest BCUT2D eigenvalue weighted by molar-refractivity contribution is -0.870. The van der Waals surface area contributed by atoms with E-state index in [0.717, 1.165) is 44.9 Å². The van der Waals surface area contributed by atoms with E-state index in [0.29, 0.717) is 23.9 Å². The van der Waals surface area contributed by atoms with Crippen LogP contribution in [0.4, 0.5) is 0 Å². The molecule has 8 nitrogen and oxygen atoms in total. The number of likely N-dealkylation sites (N-methyl/N-ethyl adjacent to an activating group) is 1. The number of quaternary nitrogens is 1. The van der Waals surface area contributed by atoms with Gasteiger partial charge in [-0.1, -0.05) is 110 Å². The third kappa shape index (κ3) is 24.5. The fourth-order valence-corrected chi connectivity index (χ4v) is 5.01. The number of amides is 1. The van der Waals surface area contributed by atoms with Gasteiger partial charge in [0.05, 0.1) is 39.9 Å². The number of phosphoric ester groups is 1. The van der Waals surface area contributed by atoms with Gasteiger partial charge in [-0.3, -0.25) is 13.8 Å². The first kappa shape index (κ1) is 37.5. The molecule has 0 fully saturated rings. The molecule has 228 valence electrons. The van der Waals surface area contributed by atoms with Crippen molar-refractivity contribution in [1.82, 2.24) is 5.32 Å². The minimum absolute atomic E-state index is 0.0765. The number of carbonyl (C=O) groups is 1. The summed E-state index contributed by atoms with van der Waals surface area (Å²) < 4.78 is 23.2. The molecule has 0 bridgehead atoms. The Labute approximate surface area is 234 Å². The van der Waals surface area contributed by atoms with Crippen LogP contribution in [-0.2, 0) is 18.4 Å². The molecule has 9 heteroatoms. The number of hydrogen-bond acceptors (Lipinski definition) is 5. The number of aliphatic hydroxyl groups is 1. The molecule has 0 spiro atoms. The molecule has 0 heterocycles. The van der Waals surface area contributed by atoms with Crippen molar-refractivity contribution >= 4 is 13.7 Å². The molecule has 1 amide bonds. The summed E-state index contributed by atoms with van der Waals surface area (Å²) in [6.07, 6.45) is 18.8. The third-order valence-corrected chi connectivity index (χ3v) is 7.84. The number of nitrogens with one attached hydrogen (secondary N) is 1. The maximum absolute atomic E-state index is 12.5. The highest BCUT2D eigenvalue weighted by molar-refractivity contribution is 7.47. The first-order chi connectivity index (χ1) is 18.0. The predicted molar refractivity (Wildman–Crippen MR) is 157 cm³/mol. The van der Waals surface area contributed by atoms with Crippen LogP contribution in [0, 0.1) is 0 Å². The third-order valence-electron chi connectivity index (χ3n) is 6.86. The molecule has 0 aromatic heterocycles. The largest absolute Gasteiger partial charge is 0.472 e. The summed E-state index contributed by atoms with van der Waals surface area (Å²) in [4.78, 5) is 22.5. The van der Waals surface area contributed by atoms with E-state index in [1.807, 2.05) is 21.1 Å². The summed E-state index contributed by atoms with van der Waals surface area (Å²) in [5, 5.41) is 13.6. The van der Waals surface area contributed by atoms with Crippen molar-refractivity contribution in [3.63, 3.8) is 0 Å². The lowest BCUT2D eigenvalue weighted by Gasteiger charge is -2.26. The molecule has 0 rings (SSSR count). The van der Waals surface area contributed by atoms with Gasteiger partial charge in [0.15, 0.2) is 0 Å². The van der Waals surface area contributed by atoms with Crippen molar-refractivity contribution in [2.24, 2.45) is 0 Å². The van der Waals surface area contributed by atoms with Gasteiger partial charge in [-0.25, -0.2) is 4.57 Å². The topological polar surface area (TPSA) is 105 Å². The molecule has 0 aliphatic carbocycles. The lowest BCUT2D eigenvalue weighted by Crippen LogP contribution is -2.46. The molecule has 0 aliphatic heterocycles. The van der Waals surface area contributed by atoms with Gasteiger partial charge in [0, 0.05) is 6.42 Å². The Bertz CT molecular complexity index is 614. The Balaban J connectivity index is 4.45. The van der Waals surface area contributed by atoms with Crippen LogP contribution in [-0.4, -0.2) is 73.4 Å². The second kappa shape index (κ2) is 23.2. The highest BCUT2D eigenvalue weighted by atomic mass is 31.2. The van der Waals surface area contributed by atoms with Gasteiger partial charge in [0.25, 0.3) is 0 Å².